The van der Waals surface area contributed by atoms with Crippen LogP contribution in [0.4, 0.5) is 5.95 Å². The van der Waals surface area contributed by atoms with Crippen LogP contribution in [0.3, 0.4) is 0 Å². The molecule has 16 heavy (non-hydrogen) atoms. The van der Waals surface area contributed by atoms with E-state index in [4.69, 9.17) is 16.3 Å². The third-order valence-electron chi connectivity index (χ3n) is 3.42. The Morgan fingerprint density at radius 1 is 1.31 bits per heavy atom. The predicted molar refractivity (Wildman–Crippen MR) is 59.9 cm³/mol. The first kappa shape index (κ1) is 10.1. The highest BCUT2D eigenvalue weighted by Gasteiger charge is 2.39. The second-order valence-electron chi connectivity index (χ2n) is 4.38. The monoisotopic (exact) mass is 240 g/mol. The van der Waals surface area contributed by atoms with Crippen molar-refractivity contribution in [3.8, 4) is 6.01 Å². The zero-order valence-corrected chi connectivity index (χ0v) is 9.81. The van der Waals surface area contributed by atoms with Gasteiger partial charge in [-0.05, 0) is 36.8 Å². The van der Waals surface area contributed by atoms with E-state index in [0.717, 1.165) is 12.5 Å². The van der Waals surface area contributed by atoms with Crippen molar-refractivity contribution in [2.24, 2.45) is 5.92 Å². The van der Waals surface area contributed by atoms with Gasteiger partial charge in [-0.2, -0.15) is 15.0 Å². The Morgan fingerprint density at radius 3 is 2.81 bits per heavy atom. The standard InChI is InChI=1S/C10H13ClN4O/c1-16-10-13-8(11)12-9(14-10)15-5-6-2-3-7(15)4-6/h6-7H,2-5H2,1H3. The van der Waals surface area contributed by atoms with Crippen LogP contribution in [0.15, 0.2) is 0 Å². The fourth-order valence-corrected chi connectivity index (χ4v) is 2.86. The summed E-state index contributed by atoms with van der Waals surface area (Å²) in [4.78, 5) is 14.5. The number of nitrogens with zero attached hydrogens (tertiary/aromatic N) is 4. The Labute approximate surface area is 98.8 Å². The van der Waals surface area contributed by atoms with Gasteiger partial charge in [-0.1, -0.05) is 0 Å². The summed E-state index contributed by atoms with van der Waals surface area (Å²) in [7, 11) is 1.53. The fraction of sp³-hybridized carbons (Fsp3) is 0.700. The summed E-state index contributed by atoms with van der Waals surface area (Å²) in [6, 6.07) is 0.867. The molecule has 0 radical (unpaired) electrons. The van der Waals surface area contributed by atoms with Crippen molar-refractivity contribution in [2.75, 3.05) is 18.6 Å². The number of halogens is 1. The summed E-state index contributed by atoms with van der Waals surface area (Å²) in [5, 5.41) is 0.199. The number of ether oxygens (including phenoxy) is 1. The van der Waals surface area contributed by atoms with Gasteiger partial charge in [0.2, 0.25) is 11.2 Å². The highest BCUT2D eigenvalue weighted by atomic mass is 35.5. The van der Waals surface area contributed by atoms with Crippen molar-refractivity contribution in [2.45, 2.75) is 25.3 Å². The van der Waals surface area contributed by atoms with Crippen LogP contribution in [0.25, 0.3) is 0 Å². The molecule has 1 aliphatic heterocycles. The number of hydrogen-bond donors (Lipinski definition) is 0. The molecule has 2 fully saturated rings. The van der Waals surface area contributed by atoms with Crippen molar-refractivity contribution < 1.29 is 4.74 Å². The maximum Gasteiger partial charge on any atom is 0.322 e. The third kappa shape index (κ3) is 1.59. The molecule has 2 unspecified atom stereocenters. The van der Waals surface area contributed by atoms with Gasteiger partial charge in [-0.3, -0.25) is 0 Å². The molecule has 0 spiro atoms. The molecule has 1 aromatic heterocycles. The van der Waals surface area contributed by atoms with Crippen molar-refractivity contribution in [3.63, 3.8) is 0 Å². The lowest BCUT2D eigenvalue weighted by atomic mass is 10.1. The van der Waals surface area contributed by atoms with Crippen molar-refractivity contribution in [1.82, 2.24) is 15.0 Å². The molecule has 1 saturated heterocycles. The Kier molecular flexibility index (Phi) is 2.35. The van der Waals surface area contributed by atoms with Gasteiger partial charge in [-0.15, -0.1) is 0 Å². The van der Waals surface area contributed by atoms with Crippen molar-refractivity contribution in [3.05, 3.63) is 5.28 Å². The lowest BCUT2D eigenvalue weighted by Gasteiger charge is -2.26. The molecular formula is C10H13ClN4O. The first-order valence-electron chi connectivity index (χ1n) is 5.48. The smallest absolute Gasteiger partial charge is 0.322 e. The van der Waals surface area contributed by atoms with Crippen molar-refractivity contribution in [1.29, 1.82) is 0 Å². The minimum Gasteiger partial charge on any atom is -0.467 e. The molecule has 2 aliphatic rings. The van der Waals surface area contributed by atoms with Crippen LogP contribution in [-0.2, 0) is 0 Å². The summed E-state index contributed by atoms with van der Waals surface area (Å²) in [5.74, 6) is 1.45. The Bertz CT molecular complexity index is 414. The Balaban J connectivity index is 1.91. The molecule has 0 amide bonds. The van der Waals surface area contributed by atoms with E-state index in [1.807, 2.05) is 0 Å². The predicted octanol–water partition coefficient (Wildman–Crippen LogP) is 1.52. The maximum absolute atomic E-state index is 5.84. The van der Waals surface area contributed by atoms with E-state index in [-0.39, 0.29) is 11.3 Å². The molecule has 2 heterocycles. The second kappa shape index (κ2) is 3.73. The van der Waals surface area contributed by atoms with Crippen LogP contribution in [0.5, 0.6) is 6.01 Å². The average molecular weight is 241 g/mol. The molecule has 3 rings (SSSR count). The van der Waals surface area contributed by atoms with E-state index in [0.29, 0.717) is 12.0 Å². The van der Waals surface area contributed by atoms with Gasteiger partial charge < -0.3 is 9.64 Å². The number of hydrogen-bond acceptors (Lipinski definition) is 5. The van der Waals surface area contributed by atoms with Crippen LogP contribution in [0.2, 0.25) is 5.28 Å². The highest BCUT2D eigenvalue weighted by molar-refractivity contribution is 6.28. The van der Waals surface area contributed by atoms with Crippen LogP contribution in [-0.4, -0.2) is 34.6 Å². The molecule has 1 saturated carbocycles. The quantitative estimate of drug-likeness (QED) is 0.785. The zero-order valence-electron chi connectivity index (χ0n) is 9.06. The number of fused-ring (bicyclic) bond motifs is 2. The van der Waals surface area contributed by atoms with Gasteiger partial charge in [0.15, 0.2) is 0 Å². The largest absolute Gasteiger partial charge is 0.467 e. The average Bonchev–Trinajstić information content (AvgIpc) is 2.89. The molecule has 6 heteroatoms. The summed E-state index contributed by atoms with van der Waals surface area (Å²) in [6.45, 7) is 1.04. The number of anilines is 1. The van der Waals surface area contributed by atoms with Gasteiger partial charge in [-0.25, -0.2) is 0 Å². The van der Waals surface area contributed by atoms with Gasteiger partial charge in [0.1, 0.15) is 0 Å². The zero-order chi connectivity index (χ0) is 11.1. The molecule has 2 atom stereocenters. The minimum atomic E-state index is 0.199. The lowest BCUT2D eigenvalue weighted by molar-refractivity contribution is 0.377. The lowest BCUT2D eigenvalue weighted by Crippen LogP contribution is -2.33. The Hall–Kier alpha value is -1.10. The van der Waals surface area contributed by atoms with Crippen LogP contribution in [0.1, 0.15) is 19.3 Å². The van der Waals surface area contributed by atoms with E-state index in [1.54, 1.807) is 0 Å². The van der Waals surface area contributed by atoms with E-state index in [1.165, 1.54) is 26.4 Å². The summed E-state index contributed by atoms with van der Waals surface area (Å²) < 4.78 is 5.00. The first-order valence-corrected chi connectivity index (χ1v) is 5.86. The molecule has 1 aromatic rings. The van der Waals surface area contributed by atoms with Gasteiger partial charge >= 0.3 is 6.01 Å². The van der Waals surface area contributed by atoms with Gasteiger partial charge in [0.05, 0.1) is 7.11 Å². The number of rotatable bonds is 2. The normalized spacial score (nSPS) is 27.5. The summed E-state index contributed by atoms with van der Waals surface area (Å²) in [5.41, 5.74) is 0. The maximum atomic E-state index is 5.84. The van der Waals surface area contributed by atoms with Crippen LogP contribution >= 0.6 is 11.6 Å². The Morgan fingerprint density at radius 2 is 2.19 bits per heavy atom. The van der Waals surface area contributed by atoms with E-state index >= 15 is 0 Å². The van der Waals surface area contributed by atoms with Crippen LogP contribution in [0, 0.1) is 5.92 Å². The third-order valence-corrected chi connectivity index (χ3v) is 3.59. The second-order valence-corrected chi connectivity index (χ2v) is 4.71. The SMILES string of the molecule is COc1nc(Cl)nc(N2CC3CCC2C3)n1. The first-order chi connectivity index (χ1) is 7.76. The molecular weight excluding hydrogens is 228 g/mol. The molecule has 2 bridgehead atoms. The minimum absolute atomic E-state index is 0.199. The number of methoxy groups -OCH3 is 1. The van der Waals surface area contributed by atoms with Crippen LogP contribution < -0.4 is 9.64 Å². The molecule has 0 aromatic carbocycles. The number of piperidine rings is 1. The van der Waals surface area contributed by atoms with E-state index in [2.05, 4.69) is 19.9 Å². The topological polar surface area (TPSA) is 51.1 Å². The van der Waals surface area contributed by atoms with Gasteiger partial charge in [0.25, 0.3) is 0 Å². The molecule has 0 N–H and O–H groups in total. The summed E-state index contributed by atoms with van der Waals surface area (Å²) >= 11 is 5.84. The van der Waals surface area contributed by atoms with E-state index in [9.17, 15) is 0 Å². The van der Waals surface area contributed by atoms with E-state index < -0.39 is 0 Å². The fourth-order valence-electron chi connectivity index (χ4n) is 2.71. The molecule has 1 aliphatic carbocycles. The number of aromatic nitrogens is 3. The molecule has 86 valence electrons. The van der Waals surface area contributed by atoms with Crippen molar-refractivity contribution >= 4 is 17.5 Å². The summed E-state index contributed by atoms with van der Waals surface area (Å²) in [6.07, 6.45) is 3.82. The molecule has 5 nitrogen and oxygen atoms in total. The highest BCUT2D eigenvalue weighted by Crippen LogP contribution is 2.39. The van der Waals surface area contributed by atoms with Gasteiger partial charge in [0, 0.05) is 12.6 Å².